The van der Waals surface area contributed by atoms with E-state index in [0.29, 0.717) is 49.6 Å². The van der Waals surface area contributed by atoms with E-state index >= 15 is 0 Å². The second-order valence-electron chi connectivity index (χ2n) is 14.9. The van der Waals surface area contributed by atoms with Gasteiger partial charge in [-0.3, -0.25) is 0 Å². The highest BCUT2D eigenvalue weighted by molar-refractivity contribution is 7.93. The maximum atomic E-state index is 14.5. The molecule has 2 N–H and O–H groups in total. The van der Waals surface area contributed by atoms with Crippen LogP contribution in [-0.2, 0) is 29.3 Å². The zero-order valence-corrected chi connectivity index (χ0v) is 30.9. The molecule has 6 aliphatic rings. The van der Waals surface area contributed by atoms with Gasteiger partial charge in [0.15, 0.2) is 0 Å². The van der Waals surface area contributed by atoms with E-state index in [1.807, 2.05) is 60.7 Å². The fourth-order valence-electron chi connectivity index (χ4n) is 9.73. The summed E-state index contributed by atoms with van der Waals surface area (Å²) in [4.78, 5) is 0.857. The third-order valence-electron chi connectivity index (χ3n) is 12.3. The first-order valence-corrected chi connectivity index (χ1v) is 21.1. The number of benzene rings is 4. The smallest absolute Gasteiger partial charge is 0.243 e. The molecule has 1 spiro atoms. The average molecular weight is 755 g/mol. The first-order chi connectivity index (χ1) is 25.5. The van der Waals surface area contributed by atoms with Crippen molar-refractivity contribution >= 4 is 41.4 Å². The molecule has 0 aromatic heterocycles. The molecule has 7 atom stereocenters. The highest BCUT2D eigenvalue weighted by Crippen LogP contribution is 2.68. The standard InChI is InChI=1S/C27H27NO5S.C14H15NO3S/c1-28-13-12-26-20-9-10-22(29)25(26)33-27(23(30)11-7-18(24(26)27)15-21(20)28)34(31,32)19-8-6-16-4-2-3-5-17(16)14-19;16-19(17,15-7-9-18-10-8-15)14-6-5-12-3-1-2-4-13(12)11-14/h2-11,14,20-23,25,29-30H,12-13,15H2,1H3;1-6,11H,7-10H2/t20-,21+,22-,23?,25-,26-,27?;/m0./s1. The molecule has 53 heavy (non-hydrogen) atoms. The van der Waals surface area contributed by atoms with Gasteiger partial charge in [-0.25, -0.2) is 16.8 Å². The maximum Gasteiger partial charge on any atom is 0.243 e. The molecule has 3 saturated heterocycles. The van der Waals surface area contributed by atoms with Crippen molar-refractivity contribution in [1.29, 1.82) is 0 Å². The van der Waals surface area contributed by atoms with E-state index in [1.54, 1.807) is 42.5 Å². The number of hydrogen-bond acceptors (Lipinski definition) is 9. The van der Waals surface area contributed by atoms with E-state index in [2.05, 4.69) is 18.0 Å². The Morgan fingerprint density at radius 3 is 2.06 bits per heavy atom. The Bertz CT molecular complexity index is 2440. The molecule has 4 aromatic rings. The first-order valence-electron chi connectivity index (χ1n) is 18.1. The Kier molecular flexibility index (Phi) is 8.37. The molecule has 2 unspecified atom stereocenters. The molecular formula is C41H42N2O8S2. The largest absolute Gasteiger partial charge is 0.386 e. The van der Waals surface area contributed by atoms with Gasteiger partial charge in [0, 0.05) is 30.5 Å². The number of allylic oxidation sites excluding steroid dienone is 1. The number of likely N-dealkylation sites (tertiary alicyclic amines) is 1. The number of sulfone groups is 1. The van der Waals surface area contributed by atoms with Crippen LogP contribution in [0.1, 0.15) is 12.8 Å². The van der Waals surface area contributed by atoms with E-state index in [4.69, 9.17) is 9.47 Å². The van der Waals surface area contributed by atoms with E-state index in [1.165, 1.54) is 4.31 Å². The number of aliphatic hydroxyl groups excluding tert-OH is 2. The lowest BCUT2D eigenvalue weighted by atomic mass is 9.52. The Labute approximate surface area is 309 Å². The van der Waals surface area contributed by atoms with Gasteiger partial charge >= 0.3 is 0 Å². The van der Waals surface area contributed by atoms with Gasteiger partial charge in [-0.2, -0.15) is 4.31 Å². The predicted molar refractivity (Wildman–Crippen MR) is 201 cm³/mol. The van der Waals surface area contributed by atoms with Gasteiger partial charge in [-0.1, -0.05) is 85.0 Å². The first kappa shape index (κ1) is 35.0. The molecule has 10 rings (SSSR count). The molecule has 3 aliphatic heterocycles. The van der Waals surface area contributed by atoms with Crippen LogP contribution in [0.3, 0.4) is 0 Å². The zero-order chi connectivity index (χ0) is 36.8. The molecule has 12 heteroatoms. The molecule has 0 radical (unpaired) electrons. The van der Waals surface area contributed by atoms with Gasteiger partial charge in [0.1, 0.15) is 6.10 Å². The van der Waals surface area contributed by atoms with Crippen LogP contribution < -0.4 is 0 Å². The lowest BCUT2D eigenvalue weighted by Gasteiger charge is -2.58. The van der Waals surface area contributed by atoms with E-state index in [-0.39, 0.29) is 16.9 Å². The van der Waals surface area contributed by atoms with Gasteiger partial charge < -0.3 is 24.6 Å². The number of sulfonamides is 1. The van der Waals surface area contributed by atoms with Gasteiger partial charge in [0.25, 0.3) is 0 Å². The van der Waals surface area contributed by atoms with Crippen molar-refractivity contribution in [2.24, 2.45) is 11.3 Å². The van der Waals surface area contributed by atoms with Crippen LogP contribution in [0.25, 0.3) is 21.5 Å². The molecule has 0 saturated carbocycles. The van der Waals surface area contributed by atoms with Crippen LogP contribution >= 0.6 is 0 Å². The van der Waals surface area contributed by atoms with Gasteiger partial charge in [0.2, 0.25) is 24.8 Å². The minimum Gasteiger partial charge on any atom is -0.386 e. The molecule has 4 aromatic carbocycles. The summed E-state index contributed by atoms with van der Waals surface area (Å²) in [6, 6.07) is 25.9. The molecule has 3 fully saturated rings. The number of hydrogen-bond donors (Lipinski definition) is 2. The minimum atomic E-state index is -4.19. The number of ether oxygens (including phenoxy) is 2. The lowest BCUT2D eigenvalue weighted by molar-refractivity contribution is -0.117. The second-order valence-corrected chi connectivity index (χ2v) is 18.9. The van der Waals surface area contributed by atoms with Crippen molar-refractivity contribution in [1.82, 2.24) is 9.21 Å². The molecular weight excluding hydrogens is 713 g/mol. The van der Waals surface area contributed by atoms with Gasteiger partial charge in [-0.15, -0.1) is 0 Å². The van der Waals surface area contributed by atoms with Gasteiger partial charge in [-0.05, 0) is 83.4 Å². The normalized spacial score (nSPS) is 32.4. The Morgan fingerprint density at radius 2 is 1.38 bits per heavy atom. The van der Waals surface area contributed by atoms with Crippen molar-refractivity contribution in [2.75, 3.05) is 39.9 Å². The summed E-state index contributed by atoms with van der Waals surface area (Å²) in [6.45, 7) is 2.56. The third kappa shape index (κ3) is 5.11. The molecule has 2 bridgehead atoms. The Balaban J connectivity index is 0.000000166. The summed E-state index contributed by atoms with van der Waals surface area (Å²) < 4.78 is 67.3. The van der Waals surface area contributed by atoms with Crippen LogP contribution in [0.5, 0.6) is 0 Å². The van der Waals surface area contributed by atoms with E-state index in [9.17, 15) is 27.0 Å². The summed E-state index contributed by atoms with van der Waals surface area (Å²) in [6.07, 6.45) is 5.57. The highest BCUT2D eigenvalue weighted by atomic mass is 32.2. The van der Waals surface area contributed by atoms with Crippen molar-refractivity contribution in [3.63, 3.8) is 0 Å². The molecule has 3 heterocycles. The van der Waals surface area contributed by atoms with Crippen LogP contribution in [0, 0.1) is 11.3 Å². The molecule has 276 valence electrons. The number of aliphatic hydroxyl groups is 2. The number of rotatable bonds is 4. The topological polar surface area (TPSA) is 134 Å². The summed E-state index contributed by atoms with van der Waals surface area (Å²) in [7, 11) is -5.49. The SMILES string of the molecule is CN1CC[C@]23C4=C5C=CC(O)C4(S(=O)(=O)c4ccc6ccccc6c4)O[C@H]2[C@@H](O)C=C[C@H]3[C@H]1C5.O=S(=O)(c1ccc2ccccc2c1)N1CCOCC1. The quantitative estimate of drug-likeness (QED) is 0.291. The van der Waals surface area contributed by atoms with Crippen LogP contribution in [0.15, 0.2) is 130 Å². The molecule has 0 amide bonds. The van der Waals surface area contributed by atoms with E-state index < -0.39 is 48.5 Å². The lowest BCUT2D eigenvalue weighted by Crippen LogP contribution is -2.62. The van der Waals surface area contributed by atoms with Crippen molar-refractivity contribution < 1.29 is 36.5 Å². The highest BCUT2D eigenvalue weighted by Gasteiger charge is 2.75. The zero-order valence-electron chi connectivity index (χ0n) is 29.3. The molecule has 3 aliphatic carbocycles. The summed E-state index contributed by atoms with van der Waals surface area (Å²) >= 11 is 0. The number of piperidine rings is 1. The van der Waals surface area contributed by atoms with E-state index in [0.717, 1.165) is 33.7 Å². The Morgan fingerprint density at radius 1 is 0.755 bits per heavy atom. The number of morpholine rings is 1. The number of fused-ring (bicyclic) bond motifs is 2. The number of nitrogens with zero attached hydrogens (tertiary/aromatic N) is 2. The van der Waals surface area contributed by atoms with Gasteiger partial charge in [0.05, 0.1) is 35.2 Å². The average Bonchev–Trinajstić information content (AvgIpc) is 3.52. The van der Waals surface area contributed by atoms with Crippen molar-refractivity contribution in [3.05, 3.63) is 120 Å². The summed E-state index contributed by atoms with van der Waals surface area (Å²) in [5, 5.41) is 26.2. The second kappa shape index (κ2) is 12.7. The fourth-order valence-corrected chi connectivity index (χ4v) is 13.3. The van der Waals surface area contributed by atoms with Crippen molar-refractivity contribution in [2.45, 2.75) is 51.9 Å². The van der Waals surface area contributed by atoms with Crippen LogP contribution in [0.2, 0.25) is 0 Å². The summed E-state index contributed by atoms with van der Waals surface area (Å²) in [5.41, 5.74) is 0.938. The predicted octanol–water partition coefficient (Wildman–Crippen LogP) is 4.44. The monoisotopic (exact) mass is 754 g/mol. The molecule has 10 nitrogen and oxygen atoms in total. The maximum absolute atomic E-state index is 14.5. The summed E-state index contributed by atoms with van der Waals surface area (Å²) in [5.74, 6) is 0.0192. The Hall–Kier alpha value is -3.72. The van der Waals surface area contributed by atoms with Crippen LogP contribution in [-0.4, -0.2) is 105 Å². The van der Waals surface area contributed by atoms with Crippen molar-refractivity contribution in [3.8, 4) is 0 Å². The minimum absolute atomic E-state index is 0.0192. The van der Waals surface area contributed by atoms with Crippen LogP contribution in [0.4, 0.5) is 0 Å². The third-order valence-corrected chi connectivity index (χ3v) is 16.4. The fraction of sp³-hybridized carbons (Fsp3) is 0.366.